The third-order valence-corrected chi connectivity index (χ3v) is 9.64. The summed E-state index contributed by atoms with van der Waals surface area (Å²) in [7, 11) is 2.15. The minimum atomic E-state index is -2.75. The Morgan fingerprint density at radius 1 is 1.05 bits per heavy atom. The van der Waals surface area contributed by atoms with E-state index in [9.17, 15) is 13.6 Å². The number of carbonyl (C=O) groups excluding carboxylic acids is 1. The molecule has 2 aliphatic rings. The summed E-state index contributed by atoms with van der Waals surface area (Å²) in [6.45, 7) is 4.06. The van der Waals surface area contributed by atoms with Crippen LogP contribution < -0.4 is 5.32 Å². The van der Waals surface area contributed by atoms with Gasteiger partial charge in [0.25, 0.3) is 0 Å². The first-order valence-corrected chi connectivity index (χ1v) is 16.0. The van der Waals surface area contributed by atoms with E-state index < -0.39 is 18.8 Å². The highest BCUT2D eigenvalue weighted by Gasteiger charge is 2.33. The summed E-state index contributed by atoms with van der Waals surface area (Å²) in [5.74, 6) is 0.507. The number of carbonyl (C=O) groups is 1. The van der Waals surface area contributed by atoms with Gasteiger partial charge in [-0.2, -0.15) is 8.78 Å². The van der Waals surface area contributed by atoms with Crippen molar-refractivity contribution >= 4 is 29.2 Å². The van der Waals surface area contributed by atoms with Gasteiger partial charge in [0.05, 0.1) is 12.7 Å². The lowest BCUT2D eigenvalue weighted by Crippen LogP contribution is -2.36. The minimum Gasteiger partial charge on any atom is -0.465 e. The van der Waals surface area contributed by atoms with E-state index in [0.717, 1.165) is 72.5 Å². The van der Waals surface area contributed by atoms with Gasteiger partial charge in [-0.1, -0.05) is 41.4 Å². The third kappa shape index (κ3) is 8.66. The predicted octanol–water partition coefficient (Wildman–Crippen LogP) is 8.28. The Morgan fingerprint density at radius 3 is 2.43 bits per heavy atom. The topological polar surface area (TPSA) is 50.8 Å². The van der Waals surface area contributed by atoms with Gasteiger partial charge in [0.15, 0.2) is 0 Å². The van der Waals surface area contributed by atoms with E-state index in [1.807, 2.05) is 37.3 Å². The molecule has 232 valence electrons. The van der Waals surface area contributed by atoms with Crippen molar-refractivity contribution in [1.82, 2.24) is 10.2 Å². The normalized spacial score (nSPS) is 21.8. The second-order valence-corrected chi connectivity index (χ2v) is 12.6. The van der Waals surface area contributed by atoms with E-state index >= 15 is 0 Å². The highest BCUT2D eigenvalue weighted by atomic mass is 35.5. The van der Waals surface area contributed by atoms with Crippen molar-refractivity contribution in [2.75, 3.05) is 33.3 Å². The zero-order valence-corrected chi connectivity index (χ0v) is 26.4. The smallest absolute Gasteiger partial charge is 0.345 e. The van der Waals surface area contributed by atoms with Crippen LogP contribution in [-0.2, 0) is 14.3 Å². The number of rotatable bonds is 12. The molecule has 2 aromatic carbocycles. The van der Waals surface area contributed by atoms with Gasteiger partial charge in [0.2, 0.25) is 0 Å². The van der Waals surface area contributed by atoms with Crippen LogP contribution in [0.5, 0.6) is 0 Å². The van der Waals surface area contributed by atoms with Crippen LogP contribution in [0.2, 0.25) is 10.0 Å². The number of likely N-dealkylation sites (tertiary alicyclic amines) is 1. The van der Waals surface area contributed by atoms with Crippen molar-refractivity contribution in [2.45, 2.75) is 89.4 Å². The summed E-state index contributed by atoms with van der Waals surface area (Å²) in [6.07, 6.45) is 5.12. The van der Waals surface area contributed by atoms with Crippen LogP contribution in [0.1, 0.15) is 92.0 Å². The van der Waals surface area contributed by atoms with E-state index in [2.05, 4.69) is 30.3 Å². The Morgan fingerprint density at radius 2 is 1.76 bits per heavy atom. The summed E-state index contributed by atoms with van der Waals surface area (Å²) < 4.78 is 36.0. The lowest BCUT2D eigenvalue weighted by atomic mass is 9.77. The summed E-state index contributed by atoms with van der Waals surface area (Å²) in [5.41, 5.74) is 4.18. The van der Waals surface area contributed by atoms with Gasteiger partial charge < -0.3 is 19.7 Å². The average molecular weight is 626 g/mol. The Labute approximate surface area is 259 Å². The molecule has 5 nitrogen and oxygen atoms in total. The number of nitrogens with zero attached hydrogens (tertiary/aromatic N) is 1. The number of esters is 1. The molecule has 0 bridgehead atoms. The zero-order chi connectivity index (χ0) is 30.2. The minimum absolute atomic E-state index is 0.162. The van der Waals surface area contributed by atoms with Crippen LogP contribution >= 0.6 is 23.2 Å². The summed E-state index contributed by atoms with van der Waals surface area (Å²) in [5, 5.41) is 4.95. The molecule has 1 unspecified atom stereocenters. The fourth-order valence-electron chi connectivity index (χ4n) is 6.95. The molecule has 0 radical (unpaired) electrons. The number of halogens is 4. The molecule has 0 spiro atoms. The van der Waals surface area contributed by atoms with Gasteiger partial charge in [-0.05, 0) is 144 Å². The van der Waals surface area contributed by atoms with Gasteiger partial charge in [-0.15, -0.1) is 0 Å². The molecule has 1 N–H and O–H groups in total. The van der Waals surface area contributed by atoms with Crippen LogP contribution in [0.3, 0.4) is 0 Å². The quantitative estimate of drug-likeness (QED) is 0.241. The molecule has 1 saturated heterocycles. The molecule has 4 rings (SSSR count). The third-order valence-electron chi connectivity index (χ3n) is 9.06. The van der Waals surface area contributed by atoms with Crippen LogP contribution in [-0.4, -0.2) is 56.9 Å². The van der Waals surface area contributed by atoms with Gasteiger partial charge in [-0.3, -0.25) is 0 Å². The molecular weight excluding hydrogens is 581 g/mol. The number of aryl methyl sites for hydroxylation is 1. The maximum Gasteiger partial charge on any atom is 0.345 e. The molecule has 0 amide bonds. The monoisotopic (exact) mass is 624 g/mol. The number of nitrogens with one attached hydrogen (secondary N) is 1. The van der Waals surface area contributed by atoms with Crippen molar-refractivity contribution in [2.24, 2.45) is 5.92 Å². The molecule has 1 saturated carbocycles. The maximum absolute atomic E-state index is 13.4. The van der Waals surface area contributed by atoms with E-state index in [1.54, 1.807) is 0 Å². The van der Waals surface area contributed by atoms with Crippen LogP contribution in [0.25, 0.3) is 0 Å². The van der Waals surface area contributed by atoms with Crippen LogP contribution in [0, 0.1) is 12.8 Å². The first-order valence-electron chi connectivity index (χ1n) is 15.2. The molecule has 1 aliphatic carbocycles. The van der Waals surface area contributed by atoms with E-state index in [1.165, 1.54) is 0 Å². The fraction of sp³-hybridized carbons (Fsp3) is 0.606. The number of hydrogen-bond acceptors (Lipinski definition) is 5. The van der Waals surface area contributed by atoms with Crippen molar-refractivity contribution < 1.29 is 23.0 Å². The Balaban J connectivity index is 1.55. The molecule has 1 aliphatic heterocycles. The summed E-state index contributed by atoms with van der Waals surface area (Å²) in [4.78, 5) is 15.8. The molecule has 2 aromatic rings. The number of ether oxygens (including phenoxy) is 2. The SMILES string of the molecule is CCOC(=O)C(NCC[C@@H](c1cc(Cl)ccc1Cl)C1CCN(C)CC1)c1cccc(C)c1C1CCC(OC(F)F)CC1. The van der Waals surface area contributed by atoms with Crippen LogP contribution in [0.15, 0.2) is 36.4 Å². The molecule has 42 heavy (non-hydrogen) atoms. The standard InChI is InChI=1S/C33H44Cl2F2N2O3/c1-4-41-32(40)31(27-7-5-6-21(2)30(27)23-8-11-25(12-9-23)42-33(36)37)38-17-14-26(22-15-18-39(3)19-16-22)28-20-24(34)10-13-29(28)35/h5-7,10,13,20,22-23,25-26,31,33,38H,4,8-9,11-12,14-19H2,1-3H3/t23?,25?,26-,31?/m1/s1. The van der Waals surface area contributed by atoms with Gasteiger partial charge in [0.1, 0.15) is 6.04 Å². The lowest BCUT2D eigenvalue weighted by Gasteiger charge is -2.35. The average Bonchev–Trinajstić information content (AvgIpc) is 2.96. The molecule has 9 heteroatoms. The van der Waals surface area contributed by atoms with Crippen molar-refractivity contribution in [1.29, 1.82) is 0 Å². The van der Waals surface area contributed by atoms with Gasteiger partial charge in [-0.25, -0.2) is 4.79 Å². The number of hydrogen-bond donors (Lipinski definition) is 1. The second-order valence-electron chi connectivity index (χ2n) is 11.8. The zero-order valence-electron chi connectivity index (χ0n) is 24.9. The summed E-state index contributed by atoms with van der Waals surface area (Å²) in [6, 6.07) is 11.1. The molecule has 2 atom stereocenters. The Bertz CT molecular complexity index is 1170. The number of alkyl halides is 2. The Kier molecular flexibility index (Phi) is 12.5. The highest BCUT2D eigenvalue weighted by molar-refractivity contribution is 6.33. The number of benzene rings is 2. The largest absolute Gasteiger partial charge is 0.465 e. The molecule has 0 aromatic heterocycles. The number of piperidine rings is 1. The highest BCUT2D eigenvalue weighted by Crippen LogP contribution is 2.41. The van der Waals surface area contributed by atoms with Gasteiger partial charge in [0, 0.05) is 10.0 Å². The van der Waals surface area contributed by atoms with E-state index in [0.29, 0.717) is 30.3 Å². The fourth-order valence-corrected chi connectivity index (χ4v) is 7.39. The Hall–Kier alpha value is -1.77. The second kappa shape index (κ2) is 15.8. The van der Waals surface area contributed by atoms with Crippen molar-refractivity contribution in [3.05, 3.63) is 68.7 Å². The molecular formula is C33H44Cl2F2N2O3. The van der Waals surface area contributed by atoms with E-state index in [-0.39, 0.29) is 24.4 Å². The van der Waals surface area contributed by atoms with Crippen molar-refractivity contribution in [3.8, 4) is 0 Å². The van der Waals surface area contributed by atoms with Crippen LogP contribution in [0.4, 0.5) is 8.78 Å². The summed E-state index contributed by atoms with van der Waals surface area (Å²) >= 11 is 13.1. The first kappa shape index (κ1) is 33.1. The van der Waals surface area contributed by atoms with E-state index in [4.69, 9.17) is 32.7 Å². The predicted molar refractivity (Wildman–Crippen MR) is 165 cm³/mol. The molecule has 2 fully saturated rings. The lowest BCUT2D eigenvalue weighted by molar-refractivity contribution is -0.170. The maximum atomic E-state index is 13.4. The molecule has 1 heterocycles. The van der Waals surface area contributed by atoms with Gasteiger partial charge >= 0.3 is 12.6 Å². The van der Waals surface area contributed by atoms with Crippen molar-refractivity contribution in [3.63, 3.8) is 0 Å². The first-order chi connectivity index (χ1) is 20.2.